The first-order chi connectivity index (χ1) is 16.7. The van der Waals surface area contributed by atoms with E-state index in [-0.39, 0.29) is 22.6 Å². The highest BCUT2D eigenvalue weighted by Gasteiger charge is 2.26. The molecule has 9 heteroatoms. The third-order valence-electron chi connectivity index (χ3n) is 5.62. The van der Waals surface area contributed by atoms with Gasteiger partial charge in [0.05, 0.1) is 24.9 Å². The maximum absolute atomic E-state index is 14.6. The van der Waals surface area contributed by atoms with Crippen LogP contribution in [0.4, 0.5) is 10.2 Å². The summed E-state index contributed by atoms with van der Waals surface area (Å²) in [6.45, 7) is 8.08. The topological polar surface area (TPSA) is 94.5 Å². The van der Waals surface area contributed by atoms with Crippen LogP contribution in [0.15, 0.2) is 53.6 Å². The molecule has 2 N–H and O–H groups in total. The van der Waals surface area contributed by atoms with Gasteiger partial charge in [0.15, 0.2) is 5.82 Å². The fourth-order valence-electron chi connectivity index (χ4n) is 3.68. The van der Waals surface area contributed by atoms with Crippen molar-refractivity contribution < 1.29 is 18.8 Å². The first-order valence-electron chi connectivity index (χ1n) is 11.4. The zero-order valence-electron chi connectivity index (χ0n) is 20.6. The lowest BCUT2D eigenvalue weighted by atomic mass is 9.93. The summed E-state index contributed by atoms with van der Waals surface area (Å²) in [5.41, 5.74) is 2.28. The predicted octanol–water partition coefficient (Wildman–Crippen LogP) is 4.50. The van der Waals surface area contributed by atoms with Gasteiger partial charge < -0.3 is 10.1 Å². The molecule has 8 nitrogen and oxygen atoms in total. The Hall–Kier alpha value is -3.72. The Labute approximate surface area is 204 Å². The minimum atomic E-state index is -0.714. The number of amides is 1. The number of anilines is 1. The lowest BCUT2D eigenvalue weighted by molar-refractivity contribution is 0.0537. The molecule has 0 saturated heterocycles. The molecule has 1 aromatic heterocycles. The fourth-order valence-corrected chi connectivity index (χ4v) is 3.68. The third kappa shape index (κ3) is 5.86. The van der Waals surface area contributed by atoms with E-state index in [1.54, 1.807) is 0 Å². The fraction of sp³-hybridized carbons (Fsp3) is 0.346. The van der Waals surface area contributed by atoms with Crippen LogP contribution in [0.1, 0.15) is 55.1 Å². The molecule has 186 valence electrons. The van der Waals surface area contributed by atoms with Gasteiger partial charge in [0.2, 0.25) is 0 Å². The number of ether oxygens (including phenoxy) is 1. The number of hydrogen-bond donors (Lipinski definition) is 2. The van der Waals surface area contributed by atoms with E-state index >= 15 is 0 Å². The summed E-state index contributed by atoms with van der Waals surface area (Å²) < 4.78 is 21.9. The number of rotatable bonds is 10. The second kappa shape index (κ2) is 11.1. The van der Waals surface area contributed by atoms with Crippen LogP contribution in [0.25, 0.3) is 5.69 Å². The van der Waals surface area contributed by atoms with Gasteiger partial charge in [0, 0.05) is 29.1 Å². The van der Waals surface area contributed by atoms with Gasteiger partial charge in [-0.3, -0.25) is 19.0 Å². The van der Waals surface area contributed by atoms with E-state index in [4.69, 9.17) is 4.74 Å². The number of nitrogens with one attached hydrogen (secondary N) is 2. The van der Waals surface area contributed by atoms with Crippen molar-refractivity contribution in [2.45, 2.75) is 46.1 Å². The van der Waals surface area contributed by atoms with Gasteiger partial charge in [-0.25, -0.2) is 14.9 Å². The maximum atomic E-state index is 14.6. The van der Waals surface area contributed by atoms with Gasteiger partial charge in [0.1, 0.15) is 11.6 Å². The molecule has 2 aromatic carbocycles. The molecular formula is C26H31FN4O4. The molecule has 0 spiro atoms. The number of aromatic nitrogens is 2. The molecular weight excluding hydrogens is 451 g/mol. The standard InChI is InChI=1S/C26H31FN4O4/c1-6-7-14-35-22-11-9-8-10-19(22)26(3,4)29-23-25(33)31(13-12-28-23)21-16-18(24(32)30-34-5)15-20(27)17(21)2/h8-13,15-16H,6-7,14H2,1-5H3,(H,28,29)(H,30,32). The molecule has 1 amide bonds. The number of para-hydroxylation sites is 1. The molecule has 0 unspecified atom stereocenters. The molecule has 3 aromatic rings. The Bertz CT molecular complexity index is 1260. The SMILES string of the molecule is CCCCOc1ccccc1C(C)(C)Nc1nccn(-c2cc(C(=O)NOC)cc(F)c2C)c1=O. The van der Waals surface area contributed by atoms with Crippen molar-refractivity contribution >= 4 is 11.7 Å². The number of hydrogen-bond acceptors (Lipinski definition) is 6. The van der Waals surface area contributed by atoms with E-state index in [9.17, 15) is 14.0 Å². The highest BCUT2D eigenvalue weighted by Crippen LogP contribution is 2.32. The molecule has 1 heterocycles. The van der Waals surface area contributed by atoms with Crippen LogP contribution in [0.2, 0.25) is 0 Å². The van der Waals surface area contributed by atoms with E-state index in [1.165, 1.54) is 37.1 Å². The van der Waals surface area contributed by atoms with E-state index in [0.29, 0.717) is 6.61 Å². The van der Waals surface area contributed by atoms with Crippen molar-refractivity contribution in [3.05, 3.63) is 81.7 Å². The summed E-state index contributed by atoms with van der Waals surface area (Å²) in [6.07, 6.45) is 4.83. The number of hydroxylamine groups is 1. The molecule has 0 fully saturated rings. The average Bonchev–Trinajstić information content (AvgIpc) is 2.83. The van der Waals surface area contributed by atoms with E-state index < -0.39 is 22.8 Å². The third-order valence-corrected chi connectivity index (χ3v) is 5.62. The summed E-state index contributed by atoms with van der Waals surface area (Å²) in [4.78, 5) is 34.5. The van der Waals surface area contributed by atoms with E-state index in [2.05, 4.69) is 27.5 Å². The minimum Gasteiger partial charge on any atom is -0.493 e. The number of carbonyl (C=O) groups excluding carboxylic acids is 1. The zero-order chi connectivity index (χ0) is 25.6. The molecule has 3 rings (SSSR count). The Morgan fingerprint density at radius 1 is 1.23 bits per heavy atom. The molecule has 0 radical (unpaired) electrons. The van der Waals surface area contributed by atoms with Gasteiger partial charge in [-0.2, -0.15) is 0 Å². The van der Waals surface area contributed by atoms with Crippen LogP contribution in [0.3, 0.4) is 0 Å². The monoisotopic (exact) mass is 482 g/mol. The van der Waals surface area contributed by atoms with Crippen molar-refractivity contribution in [1.82, 2.24) is 15.0 Å². The van der Waals surface area contributed by atoms with Crippen LogP contribution in [0, 0.1) is 12.7 Å². The smallest absolute Gasteiger partial charge is 0.297 e. The van der Waals surface area contributed by atoms with Crippen molar-refractivity contribution in [2.24, 2.45) is 0 Å². The van der Waals surface area contributed by atoms with E-state index in [1.807, 2.05) is 38.1 Å². The first-order valence-corrected chi connectivity index (χ1v) is 11.4. The number of unbranched alkanes of at least 4 members (excludes halogenated alkanes) is 1. The van der Waals surface area contributed by atoms with Gasteiger partial charge in [0.25, 0.3) is 11.5 Å². The van der Waals surface area contributed by atoms with Crippen molar-refractivity contribution in [3.63, 3.8) is 0 Å². The first kappa shape index (κ1) is 25.9. The van der Waals surface area contributed by atoms with Crippen LogP contribution in [-0.2, 0) is 10.4 Å². The van der Waals surface area contributed by atoms with Crippen LogP contribution >= 0.6 is 0 Å². The number of halogens is 1. The molecule has 35 heavy (non-hydrogen) atoms. The lowest BCUT2D eigenvalue weighted by Crippen LogP contribution is -2.34. The Morgan fingerprint density at radius 3 is 2.69 bits per heavy atom. The molecule has 0 atom stereocenters. The van der Waals surface area contributed by atoms with Crippen molar-refractivity contribution in [2.75, 3.05) is 19.0 Å². The Balaban J connectivity index is 2.00. The van der Waals surface area contributed by atoms with Gasteiger partial charge in [-0.05, 0) is 45.4 Å². The summed E-state index contributed by atoms with van der Waals surface area (Å²) in [5.74, 6) is -0.453. The molecule has 0 aliphatic heterocycles. The van der Waals surface area contributed by atoms with Crippen LogP contribution in [-0.4, -0.2) is 29.2 Å². The van der Waals surface area contributed by atoms with Gasteiger partial charge in [-0.1, -0.05) is 31.5 Å². The largest absolute Gasteiger partial charge is 0.493 e. The molecule has 0 bridgehead atoms. The zero-order valence-corrected chi connectivity index (χ0v) is 20.6. The maximum Gasteiger partial charge on any atom is 0.297 e. The molecule has 0 aliphatic rings. The minimum absolute atomic E-state index is 0.0154. The normalized spacial score (nSPS) is 11.3. The van der Waals surface area contributed by atoms with Gasteiger partial charge in [-0.15, -0.1) is 0 Å². The second-order valence-corrected chi connectivity index (χ2v) is 8.64. The Kier molecular flexibility index (Phi) is 8.24. The predicted molar refractivity (Wildman–Crippen MR) is 132 cm³/mol. The quantitative estimate of drug-likeness (QED) is 0.327. The van der Waals surface area contributed by atoms with E-state index in [0.717, 1.165) is 30.2 Å². The van der Waals surface area contributed by atoms with Crippen LogP contribution in [0.5, 0.6) is 5.75 Å². The second-order valence-electron chi connectivity index (χ2n) is 8.64. The molecule has 0 saturated carbocycles. The number of benzene rings is 2. The van der Waals surface area contributed by atoms with Crippen molar-refractivity contribution in [1.29, 1.82) is 0 Å². The lowest BCUT2D eigenvalue weighted by Gasteiger charge is -2.29. The summed E-state index contributed by atoms with van der Waals surface area (Å²) in [5, 5.41) is 3.22. The van der Waals surface area contributed by atoms with Crippen molar-refractivity contribution in [3.8, 4) is 11.4 Å². The highest BCUT2D eigenvalue weighted by molar-refractivity contribution is 5.94. The summed E-state index contributed by atoms with van der Waals surface area (Å²) in [7, 11) is 1.28. The average molecular weight is 483 g/mol. The highest BCUT2D eigenvalue weighted by atomic mass is 19.1. The summed E-state index contributed by atoms with van der Waals surface area (Å²) in [6, 6.07) is 10.2. The molecule has 0 aliphatic carbocycles. The summed E-state index contributed by atoms with van der Waals surface area (Å²) >= 11 is 0. The van der Waals surface area contributed by atoms with Crippen LogP contribution < -0.4 is 21.1 Å². The Morgan fingerprint density at radius 2 is 1.97 bits per heavy atom. The van der Waals surface area contributed by atoms with Gasteiger partial charge >= 0.3 is 0 Å². The number of nitrogens with zero attached hydrogens (tertiary/aromatic N) is 2. The number of carbonyl (C=O) groups is 1.